The molecule has 0 amide bonds. The van der Waals surface area contributed by atoms with Crippen LogP contribution in [-0.4, -0.2) is 10.1 Å². The fourth-order valence-corrected chi connectivity index (χ4v) is 2.56. The van der Waals surface area contributed by atoms with E-state index in [1.807, 2.05) is 36.4 Å². The number of benzene rings is 1. The molecule has 0 spiro atoms. The highest BCUT2D eigenvalue weighted by Crippen LogP contribution is 2.35. The second-order valence-electron chi connectivity index (χ2n) is 4.59. The Morgan fingerprint density at radius 1 is 1.18 bits per heavy atom. The fraction of sp³-hybridized carbons (Fsp3) is 0.267. The molecule has 0 saturated heterocycles. The number of hydrogen-bond acceptors (Lipinski definition) is 2. The number of allylic oxidation sites excluding steroid dienone is 1. The number of aliphatic hydroxyl groups is 1. The number of nitrogens with zero attached hydrogens (tertiary/aromatic N) is 1. The monoisotopic (exact) mass is 225 g/mol. The maximum absolute atomic E-state index is 10.7. The average molecular weight is 225 g/mol. The first-order chi connectivity index (χ1) is 8.30. The smallest absolute Gasteiger partial charge is 0.108 e. The van der Waals surface area contributed by atoms with Crippen LogP contribution in [0.2, 0.25) is 0 Å². The van der Waals surface area contributed by atoms with E-state index in [2.05, 4.69) is 11.1 Å². The molecule has 2 nitrogen and oxygen atoms in total. The predicted molar refractivity (Wildman–Crippen MR) is 68.6 cm³/mol. The first-order valence-corrected chi connectivity index (χ1v) is 6.04. The largest absolute Gasteiger partial charge is 0.381 e. The van der Waals surface area contributed by atoms with Gasteiger partial charge in [-0.3, -0.25) is 4.98 Å². The molecule has 1 heterocycles. The van der Waals surface area contributed by atoms with Crippen LogP contribution in [0.4, 0.5) is 0 Å². The van der Waals surface area contributed by atoms with Crippen molar-refractivity contribution in [2.75, 3.05) is 0 Å². The van der Waals surface area contributed by atoms with E-state index in [9.17, 15) is 5.11 Å². The maximum atomic E-state index is 10.7. The lowest BCUT2D eigenvalue weighted by atomic mass is 9.83. The summed E-state index contributed by atoms with van der Waals surface area (Å²) in [6.07, 6.45) is 8.66. The van der Waals surface area contributed by atoms with Gasteiger partial charge in [-0.15, -0.1) is 0 Å². The van der Waals surface area contributed by atoms with Crippen molar-refractivity contribution in [1.29, 1.82) is 0 Å². The number of rotatable bonds is 1. The second-order valence-corrected chi connectivity index (χ2v) is 4.59. The van der Waals surface area contributed by atoms with Crippen molar-refractivity contribution < 1.29 is 5.11 Å². The number of aromatic nitrogens is 1. The van der Waals surface area contributed by atoms with Gasteiger partial charge in [0, 0.05) is 11.6 Å². The third-order valence-corrected chi connectivity index (χ3v) is 3.43. The molecule has 0 saturated carbocycles. The van der Waals surface area contributed by atoms with E-state index in [0.29, 0.717) is 0 Å². The van der Waals surface area contributed by atoms with Crippen LogP contribution in [0.1, 0.15) is 24.8 Å². The van der Waals surface area contributed by atoms with Crippen molar-refractivity contribution in [1.82, 2.24) is 4.98 Å². The standard InChI is InChI=1S/C15H15NO/c17-15(9-2-1-3-10-15)13-7-4-8-14-12(13)6-5-11-16-14/h2,4-9,11,17H,1,3,10H2. The maximum Gasteiger partial charge on any atom is 0.108 e. The van der Waals surface area contributed by atoms with E-state index >= 15 is 0 Å². The zero-order valence-electron chi connectivity index (χ0n) is 9.63. The molecule has 1 aliphatic carbocycles. The van der Waals surface area contributed by atoms with Crippen molar-refractivity contribution in [3.05, 3.63) is 54.2 Å². The van der Waals surface area contributed by atoms with E-state index in [1.54, 1.807) is 6.20 Å². The van der Waals surface area contributed by atoms with Gasteiger partial charge in [0.15, 0.2) is 0 Å². The molecule has 17 heavy (non-hydrogen) atoms. The third-order valence-electron chi connectivity index (χ3n) is 3.43. The Labute approximate surface area is 101 Å². The highest BCUT2D eigenvalue weighted by molar-refractivity contribution is 5.83. The van der Waals surface area contributed by atoms with E-state index in [-0.39, 0.29) is 0 Å². The zero-order chi connectivity index (χ0) is 11.7. The van der Waals surface area contributed by atoms with Crippen LogP contribution >= 0.6 is 0 Å². The number of pyridine rings is 1. The van der Waals surface area contributed by atoms with Gasteiger partial charge in [-0.25, -0.2) is 0 Å². The molecule has 1 unspecified atom stereocenters. The summed E-state index contributed by atoms with van der Waals surface area (Å²) in [6, 6.07) is 9.89. The summed E-state index contributed by atoms with van der Waals surface area (Å²) in [4.78, 5) is 4.33. The Kier molecular flexibility index (Phi) is 2.45. The van der Waals surface area contributed by atoms with Crippen LogP contribution in [-0.2, 0) is 5.60 Å². The quantitative estimate of drug-likeness (QED) is 0.756. The van der Waals surface area contributed by atoms with E-state index in [1.165, 1.54) is 0 Å². The van der Waals surface area contributed by atoms with Crippen LogP contribution in [0.3, 0.4) is 0 Å². The van der Waals surface area contributed by atoms with Crippen LogP contribution in [0.25, 0.3) is 10.9 Å². The third kappa shape index (κ3) is 1.75. The van der Waals surface area contributed by atoms with Crippen LogP contribution in [0.5, 0.6) is 0 Å². The Bertz CT molecular complexity index is 571. The molecule has 1 aromatic heterocycles. The summed E-state index contributed by atoms with van der Waals surface area (Å²) >= 11 is 0. The molecule has 1 aliphatic rings. The minimum absolute atomic E-state index is 0.789. The molecule has 86 valence electrons. The van der Waals surface area contributed by atoms with E-state index in [0.717, 1.165) is 35.7 Å². The molecule has 0 radical (unpaired) electrons. The van der Waals surface area contributed by atoms with Gasteiger partial charge < -0.3 is 5.11 Å². The molecule has 1 N–H and O–H groups in total. The summed E-state index contributed by atoms with van der Waals surface area (Å²) in [7, 11) is 0. The Morgan fingerprint density at radius 2 is 2.12 bits per heavy atom. The van der Waals surface area contributed by atoms with Gasteiger partial charge in [0.05, 0.1) is 5.52 Å². The SMILES string of the molecule is OC1(c2cccc3ncccc23)C=CCCC1. The molecule has 2 aromatic rings. The van der Waals surface area contributed by atoms with Crippen LogP contribution in [0, 0.1) is 0 Å². The summed E-state index contributed by atoms with van der Waals surface area (Å²) in [5, 5.41) is 11.8. The summed E-state index contributed by atoms with van der Waals surface area (Å²) in [6.45, 7) is 0. The highest BCUT2D eigenvalue weighted by Gasteiger charge is 2.29. The van der Waals surface area contributed by atoms with Gasteiger partial charge in [0.1, 0.15) is 5.60 Å². The van der Waals surface area contributed by atoms with Crippen molar-refractivity contribution in [3.63, 3.8) is 0 Å². The van der Waals surface area contributed by atoms with Crippen molar-refractivity contribution in [3.8, 4) is 0 Å². The fourth-order valence-electron chi connectivity index (χ4n) is 2.56. The molecule has 0 aliphatic heterocycles. The predicted octanol–water partition coefficient (Wildman–Crippen LogP) is 3.16. The van der Waals surface area contributed by atoms with E-state index in [4.69, 9.17) is 0 Å². The molecule has 1 atom stereocenters. The van der Waals surface area contributed by atoms with Crippen molar-refractivity contribution in [2.45, 2.75) is 24.9 Å². The lowest BCUT2D eigenvalue weighted by Gasteiger charge is -2.29. The first-order valence-electron chi connectivity index (χ1n) is 6.04. The lowest BCUT2D eigenvalue weighted by Crippen LogP contribution is -2.25. The van der Waals surface area contributed by atoms with Crippen LogP contribution < -0.4 is 0 Å². The minimum Gasteiger partial charge on any atom is -0.381 e. The first kappa shape index (κ1) is 10.5. The molecule has 0 fully saturated rings. The topological polar surface area (TPSA) is 33.1 Å². The molecular weight excluding hydrogens is 210 g/mol. The van der Waals surface area contributed by atoms with E-state index < -0.39 is 5.60 Å². The Hall–Kier alpha value is -1.67. The highest BCUT2D eigenvalue weighted by atomic mass is 16.3. The Balaban J connectivity index is 2.23. The molecule has 2 heteroatoms. The molecule has 3 rings (SSSR count). The Morgan fingerprint density at radius 3 is 2.94 bits per heavy atom. The molecule has 1 aromatic carbocycles. The van der Waals surface area contributed by atoms with Crippen LogP contribution in [0.15, 0.2) is 48.7 Å². The van der Waals surface area contributed by atoms with Gasteiger partial charge in [-0.2, -0.15) is 0 Å². The average Bonchev–Trinajstić information content (AvgIpc) is 2.39. The van der Waals surface area contributed by atoms with Crippen molar-refractivity contribution >= 4 is 10.9 Å². The number of hydrogen-bond donors (Lipinski definition) is 1. The zero-order valence-corrected chi connectivity index (χ0v) is 9.63. The summed E-state index contributed by atoms with van der Waals surface area (Å²) in [5.41, 5.74) is 1.09. The summed E-state index contributed by atoms with van der Waals surface area (Å²) in [5.74, 6) is 0. The van der Waals surface area contributed by atoms with Gasteiger partial charge in [-0.1, -0.05) is 30.4 Å². The normalized spacial score (nSPS) is 24.1. The minimum atomic E-state index is -0.819. The summed E-state index contributed by atoms with van der Waals surface area (Å²) < 4.78 is 0. The number of fused-ring (bicyclic) bond motifs is 1. The lowest BCUT2D eigenvalue weighted by molar-refractivity contribution is 0.0741. The van der Waals surface area contributed by atoms with Gasteiger partial charge in [0.25, 0.3) is 0 Å². The van der Waals surface area contributed by atoms with Gasteiger partial charge in [-0.05, 0) is 37.0 Å². The van der Waals surface area contributed by atoms with Crippen molar-refractivity contribution in [2.24, 2.45) is 0 Å². The van der Waals surface area contributed by atoms with Gasteiger partial charge >= 0.3 is 0 Å². The molecule has 0 bridgehead atoms. The van der Waals surface area contributed by atoms with Gasteiger partial charge in [0.2, 0.25) is 0 Å². The molecular formula is C15H15NO. The second kappa shape index (κ2) is 3.97.